The molecule has 1 saturated carbocycles. The molecule has 0 aromatic carbocycles. The van der Waals surface area contributed by atoms with E-state index in [-0.39, 0.29) is 18.9 Å². The van der Waals surface area contributed by atoms with Gasteiger partial charge in [-0.25, -0.2) is 0 Å². The average Bonchev–Trinajstić information content (AvgIpc) is 3.09. The lowest BCUT2D eigenvalue weighted by atomic mass is 10.2. The predicted octanol–water partition coefficient (Wildman–Crippen LogP) is 2.38. The van der Waals surface area contributed by atoms with Crippen LogP contribution in [-0.4, -0.2) is 35.3 Å². The van der Waals surface area contributed by atoms with E-state index < -0.39 is 0 Å². The molecule has 0 amide bonds. The first kappa shape index (κ1) is 11.7. The van der Waals surface area contributed by atoms with Crippen LogP contribution < -0.4 is 0 Å². The number of aliphatic hydroxyl groups excluding tert-OH is 1. The van der Waals surface area contributed by atoms with Crippen LogP contribution in [0.4, 0.5) is 0 Å². The summed E-state index contributed by atoms with van der Waals surface area (Å²) < 4.78 is 5.97. The normalized spacial score (nSPS) is 31.4. The minimum absolute atomic E-state index is 0.0114. The van der Waals surface area contributed by atoms with Crippen molar-refractivity contribution in [2.45, 2.75) is 44.1 Å². The fraction of sp³-hybridized carbons (Fsp3) is 0.692. The molecule has 3 rings (SSSR count). The summed E-state index contributed by atoms with van der Waals surface area (Å²) in [6.07, 6.45) is 5.30. The largest absolute Gasteiger partial charge is 0.394 e. The summed E-state index contributed by atoms with van der Waals surface area (Å²) in [5.41, 5.74) is 0. The maximum Gasteiger partial charge on any atom is 0.146 e. The van der Waals surface area contributed by atoms with Gasteiger partial charge in [0.25, 0.3) is 0 Å². The molecule has 0 radical (unpaired) electrons. The van der Waals surface area contributed by atoms with E-state index in [9.17, 15) is 5.11 Å². The molecule has 1 aromatic heterocycles. The van der Waals surface area contributed by atoms with E-state index in [1.165, 1.54) is 30.6 Å². The molecule has 4 heteroatoms. The molecule has 94 valence electrons. The van der Waals surface area contributed by atoms with Crippen molar-refractivity contribution in [1.29, 1.82) is 0 Å². The Labute approximate surface area is 106 Å². The maximum absolute atomic E-state index is 9.29. The highest BCUT2D eigenvalue weighted by molar-refractivity contribution is 7.10. The number of thiophene rings is 1. The summed E-state index contributed by atoms with van der Waals surface area (Å²) in [5.74, 6) is 0. The number of rotatable bonds is 3. The van der Waals surface area contributed by atoms with Crippen molar-refractivity contribution in [2.75, 3.05) is 13.2 Å². The first-order valence-electron chi connectivity index (χ1n) is 6.44. The lowest BCUT2D eigenvalue weighted by Gasteiger charge is -2.27. The van der Waals surface area contributed by atoms with E-state index >= 15 is 0 Å². The predicted molar refractivity (Wildman–Crippen MR) is 68.0 cm³/mol. The maximum atomic E-state index is 9.29. The van der Waals surface area contributed by atoms with Crippen molar-refractivity contribution in [3.05, 3.63) is 22.4 Å². The van der Waals surface area contributed by atoms with Crippen LogP contribution in [0.15, 0.2) is 17.5 Å². The van der Waals surface area contributed by atoms with Crippen LogP contribution in [-0.2, 0) is 4.74 Å². The van der Waals surface area contributed by atoms with Gasteiger partial charge in [0.2, 0.25) is 0 Å². The number of nitrogens with zero attached hydrogens (tertiary/aromatic N) is 1. The molecule has 2 unspecified atom stereocenters. The highest BCUT2D eigenvalue weighted by Crippen LogP contribution is 2.38. The molecule has 2 aliphatic rings. The van der Waals surface area contributed by atoms with Crippen LogP contribution in [0.5, 0.6) is 0 Å². The molecule has 17 heavy (non-hydrogen) atoms. The van der Waals surface area contributed by atoms with Crippen molar-refractivity contribution in [1.82, 2.24) is 4.90 Å². The first-order chi connectivity index (χ1) is 8.38. The van der Waals surface area contributed by atoms with Crippen LogP contribution in [0, 0.1) is 0 Å². The van der Waals surface area contributed by atoms with Crippen LogP contribution >= 0.6 is 11.3 Å². The summed E-state index contributed by atoms with van der Waals surface area (Å²) in [6, 6.07) is 4.86. The fourth-order valence-corrected chi connectivity index (χ4v) is 3.75. The Morgan fingerprint density at radius 1 is 1.41 bits per heavy atom. The minimum atomic E-state index is -0.0114. The standard InChI is InChI=1S/C13H19NO2S/c15-9-11-8-14(10-4-1-2-5-10)13(16-11)12-6-3-7-17-12/h3,6-7,10-11,13,15H,1-2,4-5,8-9H2. The molecule has 3 nitrogen and oxygen atoms in total. The Balaban J connectivity index is 1.78. The molecule has 1 N–H and O–H groups in total. The summed E-state index contributed by atoms with van der Waals surface area (Å²) in [4.78, 5) is 3.73. The van der Waals surface area contributed by atoms with Gasteiger partial charge in [-0.15, -0.1) is 11.3 Å². The fourth-order valence-electron chi connectivity index (χ4n) is 2.97. The Morgan fingerprint density at radius 3 is 2.88 bits per heavy atom. The summed E-state index contributed by atoms with van der Waals surface area (Å²) in [5, 5.41) is 11.4. The van der Waals surface area contributed by atoms with E-state index in [1.54, 1.807) is 11.3 Å². The number of hydrogen-bond donors (Lipinski definition) is 1. The quantitative estimate of drug-likeness (QED) is 0.897. The number of ether oxygens (including phenoxy) is 1. The molecule has 0 spiro atoms. The smallest absolute Gasteiger partial charge is 0.146 e. The van der Waals surface area contributed by atoms with Gasteiger partial charge in [-0.05, 0) is 24.3 Å². The molecule has 2 heterocycles. The van der Waals surface area contributed by atoms with E-state index in [4.69, 9.17) is 4.74 Å². The van der Waals surface area contributed by atoms with Gasteiger partial charge in [0.1, 0.15) is 6.23 Å². The average molecular weight is 253 g/mol. The summed E-state index contributed by atoms with van der Waals surface area (Å²) in [6.45, 7) is 1.01. The van der Waals surface area contributed by atoms with Crippen molar-refractivity contribution in [3.8, 4) is 0 Å². The Morgan fingerprint density at radius 2 is 2.24 bits per heavy atom. The number of hydrogen-bond acceptors (Lipinski definition) is 4. The van der Waals surface area contributed by atoms with Crippen LogP contribution in [0.2, 0.25) is 0 Å². The Kier molecular flexibility index (Phi) is 3.47. The molecule has 2 atom stereocenters. The second-order valence-electron chi connectivity index (χ2n) is 4.94. The molecular weight excluding hydrogens is 234 g/mol. The lowest BCUT2D eigenvalue weighted by molar-refractivity contribution is -0.0274. The van der Waals surface area contributed by atoms with Gasteiger partial charge in [0.15, 0.2) is 0 Å². The lowest BCUT2D eigenvalue weighted by Crippen LogP contribution is -2.34. The second-order valence-corrected chi connectivity index (χ2v) is 5.92. The van der Waals surface area contributed by atoms with E-state index in [1.807, 2.05) is 0 Å². The van der Waals surface area contributed by atoms with Gasteiger partial charge < -0.3 is 9.84 Å². The van der Waals surface area contributed by atoms with Crippen molar-refractivity contribution < 1.29 is 9.84 Å². The zero-order valence-electron chi connectivity index (χ0n) is 9.92. The Hall–Kier alpha value is -0.420. The Bertz CT molecular complexity index is 348. The summed E-state index contributed by atoms with van der Waals surface area (Å²) >= 11 is 1.75. The van der Waals surface area contributed by atoms with Gasteiger partial charge in [-0.3, -0.25) is 4.90 Å². The highest BCUT2D eigenvalue weighted by atomic mass is 32.1. The third kappa shape index (κ3) is 2.27. The van der Waals surface area contributed by atoms with E-state index in [2.05, 4.69) is 22.4 Å². The molecule has 1 aliphatic carbocycles. The molecule has 1 aliphatic heterocycles. The van der Waals surface area contributed by atoms with Gasteiger partial charge in [-0.1, -0.05) is 18.9 Å². The van der Waals surface area contributed by atoms with Gasteiger partial charge in [-0.2, -0.15) is 0 Å². The summed E-state index contributed by atoms with van der Waals surface area (Å²) in [7, 11) is 0. The van der Waals surface area contributed by atoms with Crippen molar-refractivity contribution in [3.63, 3.8) is 0 Å². The minimum Gasteiger partial charge on any atom is -0.394 e. The number of aliphatic hydroxyl groups is 1. The second kappa shape index (κ2) is 5.06. The zero-order chi connectivity index (χ0) is 11.7. The SMILES string of the molecule is OCC1CN(C2CCCC2)C(c2cccs2)O1. The molecular formula is C13H19NO2S. The van der Waals surface area contributed by atoms with Crippen LogP contribution in [0.25, 0.3) is 0 Å². The molecule has 1 aromatic rings. The monoisotopic (exact) mass is 253 g/mol. The van der Waals surface area contributed by atoms with Crippen molar-refractivity contribution >= 4 is 11.3 Å². The third-order valence-electron chi connectivity index (χ3n) is 3.82. The molecule has 0 bridgehead atoms. The topological polar surface area (TPSA) is 32.7 Å². The van der Waals surface area contributed by atoms with Gasteiger partial charge >= 0.3 is 0 Å². The third-order valence-corrected chi connectivity index (χ3v) is 4.72. The van der Waals surface area contributed by atoms with Gasteiger partial charge in [0, 0.05) is 17.5 Å². The molecule has 2 fully saturated rings. The van der Waals surface area contributed by atoms with Crippen LogP contribution in [0.1, 0.15) is 36.8 Å². The first-order valence-corrected chi connectivity index (χ1v) is 7.32. The van der Waals surface area contributed by atoms with Crippen molar-refractivity contribution in [2.24, 2.45) is 0 Å². The van der Waals surface area contributed by atoms with Crippen LogP contribution in [0.3, 0.4) is 0 Å². The molecule has 1 saturated heterocycles. The zero-order valence-corrected chi connectivity index (χ0v) is 10.7. The highest BCUT2D eigenvalue weighted by Gasteiger charge is 2.39. The van der Waals surface area contributed by atoms with E-state index in [0.29, 0.717) is 6.04 Å². The van der Waals surface area contributed by atoms with E-state index in [0.717, 1.165) is 6.54 Å². The van der Waals surface area contributed by atoms with Gasteiger partial charge in [0.05, 0.1) is 12.7 Å².